The van der Waals surface area contributed by atoms with Crippen LogP contribution in [-0.2, 0) is 6.61 Å². The minimum atomic E-state index is -0.462. The second-order valence-electron chi connectivity index (χ2n) is 4.80. The zero-order valence-corrected chi connectivity index (χ0v) is 13.1. The summed E-state index contributed by atoms with van der Waals surface area (Å²) in [4.78, 5) is 16.0. The lowest BCUT2D eigenvalue weighted by atomic mass is 10.3. The number of para-hydroxylation sites is 1. The largest absolute Gasteiger partial charge is 0.483 e. The van der Waals surface area contributed by atoms with Gasteiger partial charge in [-0.05, 0) is 36.4 Å². The van der Waals surface area contributed by atoms with Crippen LogP contribution in [0.25, 0.3) is 0 Å². The highest BCUT2D eigenvalue weighted by Gasteiger charge is 2.13. The maximum absolute atomic E-state index is 13.5. The number of carbonyl (C=O) groups is 1. The summed E-state index contributed by atoms with van der Waals surface area (Å²) in [6.45, 7) is 0.00735. The van der Waals surface area contributed by atoms with Gasteiger partial charge in [-0.15, -0.1) is 0 Å². The van der Waals surface area contributed by atoms with E-state index in [2.05, 4.69) is 10.3 Å². The summed E-state index contributed by atoms with van der Waals surface area (Å²) in [6, 6.07) is 12.3. The van der Waals surface area contributed by atoms with E-state index in [1.807, 2.05) is 0 Å². The van der Waals surface area contributed by atoms with Crippen LogP contribution in [0.5, 0.6) is 5.75 Å². The number of hydrogen-bond acceptors (Lipinski definition) is 4. The molecule has 0 aliphatic carbocycles. The Balaban J connectivity index is 1.61. The molecule has 0 aliphatic heterocycles. The van der Waals surface area contributed by atoms with E-state index in [0.717, 1.165) is 0 Å². The minimum Gasteiger partial charge on any atom is -0.483 e. The molecule has 2 aromatic heterocycles. The fourth-order valence-corrected chi connectivity index (χ4v) is 2.03. The van der Waals surface area contributed by atoms with E-state index in [1.54, 1.807) is 30.3 Å². The number of pyridine rings is 1. The molecule has 0 fully saturated rings. The Morgan fingerprint density at radius 3 is 2.79 bits per heavy atom. The highest BCUT2D eigenvalue weighted by Crippen LogP contribution is 2.18. The van der Waals surface area contributed by atoms with Gasteiger partial charge in [-0.2, -0.15) is 0 Å². The van der Waals surface area contributed by atoms with E-state index in [9.17, 15) is 9.18 Å². The third-order valence-corrected chi connectivity index (χ3v) is 3.28. The predicted octanol–water partition coefficient (Wildman–Crippen LogP) is 4.30. The van der Waals surface area contributed by atoms with E-state index in [0.29, 0.717) is 16.6 Å². The van der Waals surface area contributed by atoms with Gasteiger partial charge in [0.15, 0.2) is 17.3 Å². The maximum atomic E-state index is 13.5. The van der Waals surface area contributed by atoms with Gasteiger partial charge in [0, 0.05) is 6.20 Å². The van der Waals surface area contributed by atoms with Crippen molar-refractivity contribution in [2.24, 2.45) is 0 Å². The van der Waals surface area contributed by atoms with Crippen molar-refractivity contribution in [3.63, 3.8) is 0 Å². The first-order valence-electron chi connectivity index (χ1n) is 7.01. The van der Waals surface area contributed by atoms with E-state index >= 15 is 0 Å². The molecule has 1 N–H and O–H groups in total. The molecule has 122 valence electrons. The number of anilines is 1. The Labute approximate surface area is 142 Å². The van der Waals surface area contributed by atoms with Gasteiger partial charge in [0.2, 0.25) is 0 Å². The molecule has 1 aromatic carbocycles. The predicted molar refractivity (Wildman–Crippen MR) is 86.6 cm³/mol. The van der Waals surface area contributed by atoms with E-state index in [-0.39, 0.29) is 18.1 Å². The fraction of sp³-hybridized carbons (Fsp3) is 0.0588. The highest BCUT2D eigenvalue weighted by atomic mass is 35.5. The summed E-state index contributed by atoms with van der Waals surface area (Å²) in [6.07, 6.45) is 1.42. The molecular weight excluding hydrogens is 335 g/mol. The van der Waals surface area contributed by atoms with Crippen molar-refractivity contribution < 1.29 is 18.3 Å². The first kappa shape index (κ1) is 16.0. The third-order valence-electron chi connectivity index (χ3n) is 3.06. The van der Waals surface area contributed by atoms with Crippen molar-refractivity contribution in [1.29, 1.82) is 0 Å². The average molecular weight is 347 g/mol. The van der Waals surface area contributed by atoms with Gasteiger partial charge in [0.05, 0.1) is 5.02 Å². The number of halogens is 2. The van der Waals surface area contributed by atoms with E-state index < -0.39 is 11.7 Å². The number of aromatic nitrogens is 1. The van der Waals surface area contributed by atoms with Gasteiger partial charge in [0.1, 0.15) is 18.2 Å². The molecule has 0 bridgehead atoms. The molecule has 5 nitrogen and oxygen atoms in total. The van der Waals surface area contributed by atoms with Crippen LogP contribution >= 0.6 is 11.6 Å². The lowest BCUT2D eigenvalue weighted by Crippen LogP contribution is -2.11. The molecule has 0 atom stereocenters. The lowest BCUT2D eigenvalue weighted by Gasteiger charge is -2.05. The average Bonchev–Trinajstić information content (AvgIpc) is 3.05. The van der Waals surface area contributed by atoms with Crippen LogP contribution < -0.4 is 10.1 Å². The Kier molecular flexibility index (Phi) is 4.77. The van der Waals surface area contributed by atoms with Crippen molar-refractivity contribution >= 4 is 23.3 Å². The maximum Gasteiger partial charge on any atom is 0.292 e. The summed E-state index contributed by atoms with van der Waals surface area (Å²) >= 11 is 5.73. The Morgan fingerprint density at radius 1 is 1.21 bits per heavy atom. The first-order chi connectivity index (χ1) is 11.6. The molecule has 0 saturated carbocycles. The molecule has 0 aliphatic rings. The highest BCUT2D eigenvalue weighted by molar-refractivity contribution is 6.30. The Morgan fingerprint density at radius 2 is 2.04 bits per heavy atom. The number of nitrogens with one attached hydrogen (secondary N) is 1. The molecule has 0 spiro atoms. The van der Waals surface area contributed by atoms with Gasteiger partial charge in [0.25, 0.3) is 5.91 Å². The van der Waals surface area contributed by atoms with Crippen LogP contribution in [0.4, 0.5) is 10.2 Å². The molecule has 0 saturated heterocycles. The van der Waals surface area contributed by atoms with Gasteiger partial charge >= 0.3 is 0 Å². The topological polar surface area (TPSA) is 64.4 Å². The first-order valence-corrected chi connectivity index (χ1v) is 7.38. The fourth-order valence-electron chi connectivity index (χ4n) is 1.92. The van der Waals surface area contributed by atoms with Crippen LogP contribution in [0.3, 0.4) is 0 Å². The number of hydrogen-bond donors (Lipinski definition) is 1. The van der Waals surface area contributed by atoms with Crippen LogP contribution in [0, 0.1) is 5.82 Å². The standard InChI is InChI=1S/C17H12ClFN2O3/c18-11-5-8-16(20-9-11)21-17(22)15-7-6-12(24-15)10-23-14-4-2-1-3-13(14)19/h1-9H,10H2,(H,20,21,22). The summed E-state index contributed by atoms with van der Waals surface area (Å²) in [7, 11) is 0. The number of amides is 1. The number of nitrogens with zero attached hydrogens (tertiary/aromatic N) is 1. The molecule has 3 aromatic rings. The molecule has 1 amide bonds. The molecule has 24 heavy (non-hydrogen) atoms. The van der Waals surface area contributed by atoms with Crippen LogP contribution in [0.1, 0.15) is 16.3 Å². The van der Waals surface area contributed by atoms with Crippen LogP contribution in [-0.4, -0.2) is 10.9 Å². The summed E-state index contributed by atoms with van der Waals surface area (Å²) in [5, 5.41) is 3.05. The van der Waals surface area contributed by atoms with Crippen molar-refractivity contribution in [3.8, 4) is 5.75 Å². The zero-order chi connectivity index (χ0) is 16.9. The van der Waals surface area contributed by atoms with Crippen LogP contribution in [0.2, 0.25) is 5.02 Å². The molecule has 7 heteroatoms. The molecule has 2 heterocycles. The van der Waals surface area contributed by atoms with E-state index in [1.165, 1.54) is 24.4 Å². The number of furan rings is 1. The van der Waals surface area contributed by atoms with Crippen LogP contribution in [0.15, 0.2) is 59.1 Å². The van der Waals surface area contributed by atoms with Gasteiger partial charge in [-0.1, -0.05) is 23.7 Å². The third kappa shape index (κ3) is 3.91. The second-order valence-corrected chi connectivity index (χ2v) is 5.24. The minimum absolute atomic E-state index is 0.00735. The summed E-state index contributed by atoms with van der Waals surface area (Å²) in [5.74, 6) is 0.0411. The number of benzene rings is 1. The van der Waals surface area contributed by atoms with Gasteiger partial charge in [-0.25, -0.2) is 9.37 Å². The van der Waals surface area contributed by atoms with Gasteiger partial charge < -0.3 is 14.5 Å². The van der Waals surface area contributed by atoms with E-state index in [4.69, 9.17) is 20.8 Å². The summed E-state index contributed by atoms with van der Waals surface area (Å²) in [5.41, 5.74) is 0. The SMILES string of the molecule is O=C(Nc1ccc(Cl)cn1)c1ccc(COc2ccccc2F)o1. The number of rotatable bonds is 5. The zero-order valence-electron chi connectivity index (χ0n) is 12.3. The lowest BCUT2D eigenvalue weighted by molar-refractivity contribution is 0.0992. The summed E-state index contributed by atoms with van der Waals surface area (Å²) < 4.78 is 24.2. The number of carbonyl (C=O) groups excluding carboxylic acids is 1. The molecule has 3 rings (SSSR count). The monoisotopic (exact) mass is 346 g/mol. The van der Waals surface area contributed by atoms with Crippen molar-refractivity contribution in [1.82, 2.24) is 4.98 Å². The van der Waals surface area contributed by atoms with Crippen molar-refractivity contribution in [2.75, 3.05) is 5.32 Å². The van der Waals surface area contributed by atoms with Crippen molar-refractivity contribution in [2.45, 2.75) is 6.61 Å². The smallest absolute Gasteiger partial charge is 0.292 e. The molecule has 0 unspecified atom stereocenters. The Hall–Kier alpha value is -2.86. The molecule has 0 radical (unpaired) electrons. The Bertz CT molecular complexity index is 849. The number of ether oxygens (including phenoxy) is 1. The molecular formula is C17H12ClFN2O3. The quantitative estimate of drug-likeness (QED) is 0.748. The van der Waals surface area contributed by atoms with Crippen molar-refractivity contribution in [3.05, 3.63) is 77.1 Å². The second kappa shape index (κ2) is 7.14. The normalized spacial score (nSPS) is 10.4. The van der Waals surface area contributed by atoms with Gasteiger partial charge in [-0.3, -0.25) is 4.79 Å².